The SMILES string of the molecule is O=C([O-])CCN1C(=CC=Nc2ccccc2)Oc2ccccc21. The Balaban J connectivity index is 1.81. The van der Waals surface area contributed by atoms with Gasteiger partial charge in [-0.05, 0) is 24.3 Å². The molecular formula is C18H15N2O3-. The first-order valence-corrected chi connectivity index (χ1v) is 7.28. The summed E-state index contributed by atoms with van der Waals surface area (Å²) in [6.45, 7) is 0.282. The molecule has 0 bridgehead atoms. The maximum atomic E-state index is 10.7. The molecule has 0 aliphatic carbocycles. The third-order valence-corrected chi connectivity index (χ3v) is 3.37. The Hall–Kier alpha value is -3.08. The molecule has 2 aromatic carbocycles. The van der Waals surface area contributed by atoms with Crippen molar-refractivity contribution in [3.63, 3.8) is 0 Å². The molecule has 0 saturated carbocycles. The van der Waals surface area contributed by atoms with Gasteiger partial charge in [-0.1, -0.05) is 30.3 Å². The topological polar surface area (TPSA) is 65.0 Å². The van der Waals surface area contributed by atoms with Gasteiger partial charge >= 0.3 is 0 Å². The molecule has 116 valence electrons. The van der Waals surface area contributed by atoms with E-state index < -0.39 is 5.97 Å². The van der Waals surface area contributed by atoms with Crippen LogP contribution in [-0.4, -0.2) is 18.7 Å². The van der Waals surface area contributed by atoms with Gasteiger partial charge in [-0.2, -0.15) is 0 Å². The maximum Gasteiger partial charge on any atom is 0.202 e. The molecule has 2 aromatic rings. The van der Waals surface area contributed by atoms with E-state index in [4.69, 9.17) is 4.74 Å². The average Bonchev–Trinajstić information content (AvgIpc) is 2.91. The molecular weight excluding hydrogens is 292 g/mol. The van der Waals surface area contributed by atoms with Gasteiger partial charge < -0.3 is 19.5 Å². The Labute approximate surface area is 134 Å². The Morgan fingerprint density at radius 2 is 1.87 bits per heavy atom. The maximum absolute atomic E-state index is 10.7. The summed E-state index contributed by atoms with van der Waals surface area (Å²) in [5, 5.41) is 10.7. The van der Waals surface area contributed by atoms with Gasteiger partial charge in [-0.25, -0.2) is 0 Å². The molecule has 0 radical (unpaired) electrons. The largest absolute Gasteiger partial charge is 0.550 e. The van der Waals surface area contributed by atoms with Gasteiger partial charge in [0.1, 0.15) is 0 Å². The second-order valence-electron chi connectivity index (χ2n) is 4.96. The normalized spacial score (nSPS) is 15.0. The number of anilines is 1. The molecule has 0 amide bonds. The van der Waals surface area contributed by atoms with Crippen molar-refractivity contribution in [2.75, 3.05) is 11.4 Å². The molecule has 1 aliphatic rings. The smallest absolute Gasteiger partial charge is 0.202 e. The van der Waals surface area contributed by atoms with E-state index in [9.17, 15) is 9.90 Å². The Morgan fingerprint density at radius 1 is 1.13 bits per heavy atom. The van der Waals surface area contributed by atoms with Gasteiger partial charge in [0.2, 0.25) is 5.88 Å². The number of hydrogen-bond acceptors (Lipinski definition) is 5. The molecule has 5 heteroatoms. The standard InChI is InChI=1S/C18H16N2O3/c21-18(22)11-13-20-15-8-4-5-9-16(15)23-17(20)10-12-19-14-6-2-1-3-7-14/h1-10,12H,11,13H2,(H,21,22)/p-1. The Bertz CT molecular complexity index is 754. The van der Waals surface area contributed by atoms with E-state index >= 15 is 0 Å². The summed E-state index contributed by atoms with van der Waals surface area (Å²) >= 11 is 0. The van der Waals surface area contributed by atoms with Gasteiger partial charge in [-0.3, -0.25) is 4.99 Å². The lowest BCUT2D eigenvalue weighted by Gasteiger charge is -2.18. The minimum Gasteiger partial charge on any atom is -0.550 e. The zero-order valence-electron chi connectivity index (χ0n) is 12.4. The third kappa shape index (κ3) is 3.58. The van der Waals surface area contributed by atoms with Crippen molar-refractivity contribution in [3.05, 3.63) is 66.6 Å². The number of benzene rings is 2. The highest BCUT2D eigenvalue weighted by molar-refractivity contribution is 5.78. The number of ether oxygens (including phenoxy) is 1. The van der Waals surface area contributed by atoms with Crippen molar-refractivity contribution in [1.29, 1.82) is 0 Å². The second-order valence-corrected chi connectivity index (χ2v) is 4.96. The number of rotatable bonds is 5. The summed E-state index contributed by atoms with van der Waals surface area (Å²) in [7, 11) is 0. The first-order valence-electron chi connectivity index (χ1n) is 7.28. The van der Waals surface area contributed by atoms with Crippen molar-refractivity contribution >= 4 is 23.6 Å². The summed E-state index contributed by atoms with van der Waals surface area (Å²) in [6.07, 6.45) is 3.29. The van der Waals surface area contributed by atoms with Crippen molar-refractivity contribution < 1.29 is 14.6 Å². The van der Waals surface area contributed by atoms with Crippen molar-refractivity contribution in [2.24, 2.45) is 4.99 Å². The molecule has 1 aliphatic heterocycles. The van der Waals surface area contributed by atoms with Gasteiger partial charge in [-0.15, -0.1) is 0 Å². The summed E-state index contributed by atoms with van der Waals surface area (Å²) in [5.74, 6) is 0.157. The van der Waals surface area contributed by atoms with Gasteiger partial charge in [0.25, 0.3) is 0 Å². The number of fused-ring (bicyclic) bond motifs is 1. The predicted molar refractivity (Wildman–Crippen MR) is 86.7 cm³/mol. The van der Waals surface area contributed by atoms with Gasteiger partial charge in [0.05, 0.1) is 11.4 Å². The van der Waals surface area contributed by atoms with Crippen LogP contribution in [0, 0.1) is 0 Å². The summed E-state index contributed by atoms with van der Waals surface area (Å²) in [6, 6.07) is 17.0. The first-order chi connectivity index (χ1) is 11.2. The van der Waals surface area contributed by atoms with Crippen LogP contribution in [0.1, 0.15) is 6.42 Å². The van der Waals surface area contributed by atoms with Crippen molar-refractivity contribution in [1.82, 2.24) is 0 Å². The lowest BCUT2D eigenvalue weighted by molar-refractivity contribution is -0.305. The number of aliphatic carboxylic acids is 1. The molecule has 1 heterocycles. The molecule has 0 N–H and O–H groups in total. The molecule has 0 aromatic heterocycles. The second kappa shape index (κ2) is 6.79. The van der Waals surface area contributed by atoms with Crippen molar-refractivity contribution in [2.45, 2.75) is 6.42 Å². The number of allylic oxidation sites excluding steroid dienone is 1. The monoisotopic (exact) mass is 307 g/mol. The molecule has 5 nitrogen and oxygen atoms in total. The van der Waals surface area contributed by atoms with Crippen LogP contribution in [0.5, 0.6) is 5.75 Å². The van der Waals surface area contributed by atoms with E-state index in [2.05, 4.69) is 4.99 Å². The predicted octanol–water partition coefficient (Wildman–Crippen LogP) is 2.27. The van der Waals surface area contributed by atoms with E-state index in [0.29, 0.717) is 11.6 Å². The lowest BCUT2D eigenvalue weighted by Crippen LogP contribution is -2.30. The van der Waals surface area contributed by atoms with Crippen LogP contribution < -0.4 is 14.7 Å². The van der Waals surface area contributed by atoms with Crippen LogP contribution >= 0.6 is 0 Å². The van der Waals surface area contributed by atoms with Gasteiger partial charge in [0, 0.05) is 31.2 Å². The van der Waals surface area contributed by atoms with Crippen LogP contribution in [0.2, 0.25) is 0 Å². The fourth-order valence-corrected chi connectivity index (χ4v) is 2.31. The quantitative estimate of drug-likeness (QED) is 0.795. The van der Waals surface area contributed by atoms with Crippen LogP contribution in [0.3, 0.4) is 0 Å². The van der Waals surface area contributed by atoms with E-state index in [-0.39, 0.29) is 13.0 Å². The molecule has 0 unspecified atom stereocenters. The van der Waals surface area contributed by atoms with Crippen LogP contribution in [-0.2, 0) is 4.79 Å². The third-order valence-electron chi connectivity index (χ3n) is 3.37. The zero-order chi connectivity index (χ0) is 16.1. The summed E-state index contributed by atoms with van der Waals surface area (Å²) in [5.41, 5.74) is 1.68. The van der Waals surface area contributed by atoms with Gasteiger partial charge in [0.15, 0.2) is 5.75 Å². The Kier molecular flexibility index (Phi) is 4.38. The van der Waals surface area contributed by atoms with Crippen LogP contribution in [0.15, 0.2) is 71.5 Å². The molecule has 23 heavy (non-hydrogen) atoms. The number of nitrogens with zero attached hydrogens (tertiary/aromatic N) is 2. The fourth-order valence-electron chi connectivity index (χ4n) is 2.31. The van der Waals surface area contributed by atoms with E-state index in [1.54, 1.807) is 12.3 Å². The number of carboxylic acids is 1. The summed E-state index contributed by atoms with van der Waals surface area (Å²) in [4.78, 5) is 16.9. The number of aliphatic imine (C=N–C) groups is 1. The number of carbonyl (C=O) groups excluding carboxylic acids is 1. The highest BCUT2D eigenvalue weighted by atomic mass is 16.5. The lowest BCUT2D eigenvalue weighted by atomic mass is 10.2. The zero-order valence-corrected chi connectivity index (χ0v) is 12.4. The van der Waals surface area contributed by atoms with E-state index in [0.717, 1.165) is 11.4 Å². The van der Waals surface area contributed by atoms with Crippen molar-refractivity contribution in [3.8, 4) is 5.75 Å². The highest BCUT2D eigenvalue weighted by Crippen LogP contribution is 2.38. The molecule has 0 spiro atoms. The highest BCUT2D eigenvalue weighted by Gasteiger charge is 2.24. The number of carboxylic acid groups (broad SMARTS) is 1. The molecule has 0 atom stereocenters. The number of para-hydroxylation sites is 3. The minimum atomic E-state index is -1.09. The fraction of sp³-hybridized carbons (Fsp3) is 0.111. The van der Waals surface area contributed by atoms with Crippen LogP contribution in [0.4, 0.5) is 11.4 Å². The molecule has 0 saturated heterocycles. The van der Waals surface area contributed by atoms with Crippen LogP contribution in [0.25, 0.3) is 0 Å². The molecule has 0 fully saturated rings. The van der Waals surface area contributed by atoms with E-state index in [1.807, 2.05) is 59.5 Å². The summed E-state index contributed by atoms with van der Waals surface area (Å²) < 4.78 is 5.77. The van der Waals surface area contributed by atoms with E-state index in [1.165, 1.54) is 0 Å². The molecule has 3 rings (SSSR count). The number of hydrogen-bond donors (Lipinski definition) is 0. The number of carbonyl (C=O) groups is 1. The average molecular weight is 307 g/mol. The minimum absolute atomic E-state index is 0.0785. The Morgan fingerprint density at radius 3 is 2.65 bits per heavy atom. The first kappa shape index (κ1) is 14.8.